The zero-order valence-corrected chi connectivity index (χ0v) is 12.2. The van der Waals surface area contributed by atoms with Crippen LogP contribution < -0.4 is 5.32 Å². The maximum atomic E-state index is 12.8. The van der Waals surface area contributed by atoms with Gasteiger partial charge in [-0.3, -0.25) is 0 Å². The standard InChI is InChI=1S/C16H20F3N/c1-10(2)13-7-11(16(17,18)19)5-6-12(13)14-8-15(3,4)9-20-14/h5-8,10,20H,9H2,1-4H3. The Morgan fingerprint density at radius 3 is 2.30 bits per heavy atom. The second kappa shape index (κ2) is 4.83. The van der Waals surface area contributed by atoms with E-state index in [1.54, 1.807) is 6.07 Å². The molecular formula is C16H20F3N. The van der Waals surface area contributed by atoms with E-state index in [2.05, 4.69) is 25.2 Å². The molecule has 0 radical (unpaired) electrons. The SMILES string of the molecule is CC(C)c1cc(C(F)(F)F)ccc1C1=CC(C)(C)CN1. The first-order chi connectivity index (χ1) is 9.10. The summed E-state index contributed by atoms with van der Waals surface area (Å²) in [6, 6.07) is 4.02. The first kappa shape index (κ1) is 14.9. The molecule has 1 nitrogen and oxygen atoms in total. The first-order valence-corrected chi connectivity index (χ1v) is 6.78. The van der Waals surface area contributed by atoms with Crippen LogP contribution in [-0.2, 0) is 6.18 Å². The van der Waals surface area contributed by atoms with E-state index in [1.807, 2.05) is 13.8 Å². The van der Waals surface area contributed by atoms with Gasteiger partial charge < -0.3 is 5.32 Å². The van der Waals surface area contributed by atoms with Gasteiger partial charge in [0.15, 0.2) is 0 Å². The highest BCUT2D eigenvalue weighted by Gasteiger charge is 2.32. The van der Waals surface area contributed by atoms with Crippen molar-refractivity contribution in [1.82, 2.24) is 5.32 Å². The lowest BCUT2D eigenvalue weighted by Gasteiger charge is -2.17. The molecule has 0 amide bonds. The molecule has 1 aliphatic rings. The van der Waals surface area contributed by atoms with Crippen molar-refractivity contribution in [3.8, 4) is 0 Å². The van der Waals surface area contributed by atoms with Crippen molar-refractivity contribution in [2.75, 3.05) is 6.54 Å². The fourth-order valence-electron chi connectivity index (χ4n) is 2.45. The highest BCUT2D eigenvalue weighted by atomic mass is 19.4. The highest BCUT2D eigenvalue weighted by molar-refractivity contribution is 5.70. The summed E-state index contributed by atoms with van der Waals surface area (Å²) >= 11 is 0. The third-order valence-corrected chi connectivity index (χ3v) is 3.56. The van der Waals surface area contributed by atoms with Gasteiger partial charge in [-0.15, -0.1) is 0 Å². The summed E-state index contributed by atoms with van der Waals surface area (Å²) < 4.78 is 38.5. The quantitative estimate of drug-likeness (QED) is 0.822. The van der Waals surface area contributed by atoms with Crippen molar-refractivity contribution in [2.45, 2.75) is 39.8 Å². The minimum absolute atomic E-state index is 0.0340. The van der Waals surface area contributed by atoms with Gasteiger partial charge in [0.1, 0.15) is 0 Å². The number of halogens is 3. The number of rotatable bonds is 2. The Balaban J connectivity index is 2.50. The van der Waals surface area contributed by atoms with Gasteiger partial charge in [0.05, 0.1) is 5.56 Å². The van der Waals surface area contributed by atoms with Crippen LogP contribution in [0.5, 0.6) is 0 Å². The lowest BCUT2D eigenvalue weighted by molar-refractivity contribution is -0.137. The second-order valence-electron chi connectivity index (χ2n) is 6.35. The molecule has 0 atom stereocenters. The molecule has 0 unspecified atom stereocenters. The number of alkyl halides is 3. The summed E-state index contributed by atoms with van der Waals surface area (Å²) in [4.78, 5) is 0. The molecule has 4 heteroatoms. The van der Waals surface area contributed by atoms with Gasteiger partial charge in [0, 0.05) is 23.2 Å². The molecule has 1 N–H and O–H groups in total. The predicted octanol–water partition coefficient (Wildman–Crippen LogP) is 4.80. The van der Waals surface area contributed by atoms with Crippen molar-refractivity contribution >= 4 is 5.70 Å². The van der Waals surface area contributed by atoms with Gasteiger partial charge in [0.25, 0.3) is 0 Å². The molecule has 1 aromatic rings. The summed E-state index contributed by atoms with van der Waals surface area (Å²) in [5.74, 6) is 0.0405. The molecule has 0 bridgehead atoms. The van der Waals surface area contributed by atoms with Gasteiger partial charge in [0.2, 0.25) is 0 Å². The first-order valence-electron chi connectivity index (χ1n) is 6.78. The fraction of sp³-hybridized carbons (Fsp3) is 0.500. The van der Waals surface area contributed by atoms with E-state index >= 15 is 0 Å². The molecule has 0 saturated heterocycles. The maximum absolute atomic E-state index is 12.8. The minimum atomic E-state index is -4.29. The van der Waals surface area contributed by atoms with Crippen LogP contribution in [0.15, 0.2) is 24.3 Å². The highest BCUT2D eigenvalue weighted by Crippen LogP contribution is 2.36. The molecule has 0 aromatic heterocycles. The Morgan fingerprint density at radius 1 is 1.20 bits per heavy atom. The Morgan fingerprint density at radius 2 is 1.85 bits per heavy atom. The molecule has 1 heterocycles. The summed E-state index contributed by atoms with van der Waals surface area (Å²) in [6.45, 7) is 8.85. The lowest BCUT2D eigenvalue weighted by Crippen LogP contribution is -2.18. The van der Waals surface area contributed by atoms with Crippen molar-refractivity contribution in [3.63, 3.8) is 0 Å². The van der Waals surface area contributed by atoms with Crippen molar-refractivity contribution in [1.29, 1.82) is 0 Å². The van der Waals surface area contributed by atoms with Crippen LogP contribution in [0.3, 0.4) is 0 Å². The van der Waals surface area contributed by atoms with Crippen LogP contribution in [0.25, 0.3) is 5.70 Å². The zero-order valence-electron chi connectivity index (χ0n) is 12.2. The topological polar surface area (TPSA) is 12.0 Å². The monoisotopic (exact) mass is 283 g/mol. The largest absolute Gasteiger partial charge is 0.416 e. The number of hydrogen-bond acceptors (Lipinski definition) is 1. The van der Waals surface area contributed by atoms with Gasteiger partial charge in [-0.25, -0.2) is 0 Å². The Kier molecular flexibility index (Phi) is 3.61. The van der Waals surface area contributed by atoms with E-state index in [0.29, 0.717) is 0 Å². The maximum Gasteiger partial charge on any atom is 0.416 e. The van der Waals surface area contributed by atoms with E-state index in [-0.39, 0.29) is 11.3 Å². The number of hydrogen-bond donors (Lipinski definition) is 1. The molecule has 0 aliphatic carbocycles. The van der Waals surface area contributed by atoms with E-state index in [1.165, 1.54) is 6.07 Å². The Bertz CT molecular complexity index is 539. The summed E-state index contributed by atoms with van der Waals surface area (Å²) in [7, 11) is 0. The van der Waals surface area contributed by atoms with Crippen molar-refractivity contribution in [2.24, 2.45) is 5.41 Å². The Labute approximate surface area is 117 Å². The molecule has 0 spiro atoms. The minimum Gasteiger partial charge on any atom is -0.384 e. The van der Waals surface area contributed by atoms with E-state index in [0.717, 1.165) is 29.4 Å². The molecule has 1 aromatic carbocycles. The number of benzene rings is 1. The van der Waals surface area contributed by atoms with Crippen molar-refractivity contribution in [3.05, 3.63) is 41.0 Å². The van der Waals surface area contributed by atoms with Gasteiger partial charge in [-0.2, -0.15) is 13.2 Å². The molecule has 0 fully saturated rings. The molecule has 110 valence electrons. The molecule has 20 heavy (non-hydrogen) atoms. The van der Waals surface area contributed by atoms with Crippen LogP contribution in [0.2, 0.25) is 0 Å². The van der Waals surface area contributed by atoms with E-state index in [4.69, 9.17) is 0 Å². The summed E-state index contributed by atoms with van der Waals surface area (Å²) in [6.07, 6.45) is -2.19. The lowest BCUT2D eigenvalue weighted by atomic mass is 9.91. The van der Waals surface area contributed by atoms with Crippen LogP contribution in [0.1, 0.15) is 50.3 Å². The average molecular weight is 283 g/mol. The molecule has 0 saturated carbocycles. The molecule has 1 aliphatic heterocycles. The fourth-order valence-corrected chi connectivity index (χ4v) is 2.45. The van der Waals surface area contributed by atoms with Crippen LogP contribution in [0.4, 0.5) is 13.2 Å². The van der Waals surface area contributed by atoms with Gasteiger partial charge in [-0.1, -0.05) is 39.8 Å². The molecular weight excluding hydrogens is 263 g/mol. The third-order valence-electron chi connectivity index (χ3n) is 3.56. The predicted molar refractivity (Wildman–Crippen MR) is 75.3 cm³/mol. The van der Waals surface area contributed by atoms with Gasteiger partial charge >= 0.3 is 6.18 Å². The van der Waals surface area contributed by atoms with Crippen LogP contribution in [0, 0.1) is 5.41 Å². The van der Waals surface area contributed by atoms with E-state index < -0.39 is 11.7 Å². The average Bonchev–Trinajstić information content (AvgIpc) is 2.67. The summed E-state index contributed by atoms with van der Waals surface area (Å²) in [5, 5.41) is 3.30. The smallest absolute Gasteiger partial charge is 0.384 e. The molecule has 2 rings (SSSR count). The van der Waals surface area contributed by atoms with E-state index in [9.17, 15) is 13.2 Å². The van der Waals surface area contributed by atoms with Crippen LogP contribution in [-0.4, -0.2) is 6.54 Å². The second-order valence-corrected chi connectivity index (χ2v) is 6.35. The van der Waals surface area contributed by atoms with Gasteiger partial charge in [-0.05, 0) is 23.6 Å². The summed E-state index contributed by atoms with van der Waals surface area (Å²) in [5.41, 5.74) is 2.00. The number of nitrogens with one attached hydrogen (secondary N) is 1. The zero-order chi connectivity index (χ0) is 15.1. The Hall–Kier alpha value is -1.45. The third kappa shape index (κ3) is 3.00. The van der Waals surface area contributed by atoms with Crippen LogP contribution >= 0.6 is 0 Å². The normalized spacial score (nSPS) is 18.1. The van der Waals surface area contributed by atoms with Crippen molar-refractivity contribution < 1.29 is 13.2 Å².